The topological polar surface area (TPSA) is 64.2 Å². The minimum absolute atomic E-state index is 0.317. The van der Waals surface area contributed by atoms with Gasteiger partial charge in [0.05, 0.1) is 11.7 Å². The molecular weight excluding hydrogens is 388 g/mol. The highest BCUT2D eigenvalue weighted by Crippen LogP contribution is 2.33. The number of carbonyl (C=O) groups is 1. The number of hydrogen-bond donors (Lipinski definition) is 1. The van der Waals surface area contributed by atoms with Crippen molar-refractivity contribution in [2.75, 3.05) is 0 Å². The number of pyridine rings is 1. The number of halogens is 1. The van der Waals surface area contributed by atoms with E-state index in [-0.39, 0.29) is 0 Å². The van der Waals surface area contributed by atoms with Crippen LogP contribution >= 0.6 is 11.6 Å². The maximum atomic E-state index is 12.6. The van der Waals surface area contributed by atoms with Crippen LogP contribution in [0, 0.1) is 6.92 Å². The Hall–Kier alpha value is -3.05. The highest BCUT2D eigenvalue weighted by Gasteiger charge is 2.22. The molecule has 0 aliphatic heterocycles. The summed E-state index contributed by atoms with van der Waals surface area (Å²) in [6.45, 7) is 7.40. The monoisotopic (exact) mass is 408 g/mol. The third-order valence-corrected chi connectivity index (χ3v) is 4.75. The number of esters is 1. The molecule has 2 aromatic carbocycles. The van der Waals surface area contributed by atoms with Crippen molar-refractivity contribution in [2.45, 2.75) is 33.3 Å². The number of nitrogens with zero attached hydrogens (tertiary/aromatic N) is 1. The van der Waals surface area contributed by atoms with E-state index in [0.29, 0.717) is 22.2 Å². The van der Waals surface area contributed by atoms with Gasteiger partial charge >= 0.3 is 5.97 Å². The quantitative estimate of drug-likeness (QED) is 0.397. The van der Waals surface area contributed by atoms with E-state index in [0.717, 1.165) is 27.4 Å². The van der Waals surface area contributed by atoms with Crippen LogP contribution in [0.25, 0.3) is 21.8 Å². The van der Waals surface area contributed by atoms with E-state index in [4.69, 9.17) is 21.1 Å². The van der Waals surface area contributed by atoms with Crippen LogP contribution in [0.15, 0.2) is 48.7 Å². The van der Waals surface area contributed by atoms with Crippen LogP contribution in [-0.4, -0.2) is 21.5 Å². The molecule has 29 heavy (non-hydrogen) atoms. The lowest BCUT2D eigenvalue weighted by molar-refractivity contribution is 0.00623. The standard InChI is InChI=1S/C23H21ClN2O3/c1-13-20-17-11-16(28-15-7-5-14(24)6-8-15)9-10-18(17)26-19(20)12-25-21(13)22(27)29-23(2,3)4/h5-12,26H,1-4H3. The first-order valence-corrected chi connectivity index (χ1v) is 9.67. The van der Waals surface area contributed by atoms with E-state index >= 15 is 0 Å². The van der Waals surface area contributed by atoms with Crippen molar-refractivity contribution in [3.63, 3.8) is 0 Å². The Morgan fingerprint density at radius 3 is 2.41 bits per heavy atom. The van der Waals surface area contributed by atoms with Crippen molar-refractivity contribution in [1.82, 2.24) is 9.97 Å². The van der Waals surface area contributed by atoms with Crippen LogP contribution in [0.5, 0.6) is 11.5 Å². The van der Waals surface area contributed by atoms with Gasteiger partial charge in [-0.1, -0.05) is 11.6 Å². The number of hydrogen-bond acceptors (Lipinski definition) is 4. The van der Waals surface area contributed by atoms with E-state index in [1.54, 1.807) is 18.3 Å². The summed E-state index contributed by atoms with van der Waals surface area (Å²) in [6.07, 6.45) is 1.67. The second-order valence-corrected chi connectivity index (χ2v) is 8.35. The fourth-order valence-corrected chi connectivity index (χ4v) is 3.40. The normalized spacial score (nSPS) is 11.8. The minimum Gasteiger partial charge on any atom is -0.457 e. The second-order valence-electron chi connectivity index (χ2n) is 7.91. The Morgan fingerprint density at radius 1 is 1.03 bits per heavy atom. The molecule has 148 valence electrons. The van der Waals surface area contributed by atoms with Gasteiger partial charge in [-0.3, -0.25) is 0 Å². The summed E-state index contributed by atoms with van der Waals surface area (Å²) in [5.74, 6) is 0.956. The molecule has 0 aliphatic carbocycles. The summed E-state index contributed by atoms with van der Waals surface area (Å²) in [5.41, 5.74) is 2.30. The van der Waals surface area contributed by atoms with Crippen LogP contribution in [0.3, 0.4) is 0 Å². The van der Waals surface area contributed by atoms with Gasteiger partial charge in [0.2, 0.25) is 0 Å². The van der Waals surface area contributed by atoms with Gasteiger partial charge in [0.15, 0.2) is 5.69 Å². The number of rotatable bonds is 3. The Balaban J connectivity index is 1.78. The summed E-state index contributed by atoms with van der Waals surface area (Å²) in [5, 5.41) is 2.54. The average Bonchev–Trinajstić information content (AvgIpc) is 3.01. The fraction of sp³-hybridized carbons (Fsp3) is 0.217. The maximum Gasteiger partial charge on any atom is 0.357 e. The van der Waals surface area contributed by atoms with E-state index in [2.05, 4.69) is 9.97 Å². The molecule has 0 spiro atoms. The van der Waals surface area contributed by atoms with Gasteiger partial charge in [0.1, 0.15) is 17.1 Å². The van der Waals surface area contributed by atoms with Crippen LogP contribution in [0.1, 0.15) is 36.8 Å². The number of carbonyl (C=O) groups excluding carboxylic acids is 1. The largest absolute Gasteiger partial charge is 0.457 e. The summed E-state index contributed by atoms with van der Waals surface area (Å²) in [4.78, 5) is 20.3. The molecule has 4 rings (SSSR count). The third kappa shape index (κ3) is 3.91. The first-order valence-electron chi connectivity index (χ1n) is 9.29. The van der Waals surface area contributed by atoms with Crippen LogP contribution in [0.2, 0.25) is 5.02 Å². The summed E-state index contributed by atoms with van der Waals surface area (Å²) >= 11 is 5.94. The number of aromatic amines is 1. The highest BCUT2D eigenvalue weighted by molar-refractivity contribution is 6.30. The van der Waals surface area contributed by atoms with E-state index < -0.39 is 11.6 Å². The zero-order valence-corrected chi connectivity index (χ0v) is 17.4. The first kappa shape index (κ1) is 19.3. The molecule has 2 heterocycles. The number of aryl methyl sites for hydroxylation is 1. The zero-order valence-electron chi connectivity index (χ0n) is 16.7. The predicted molar refractivity (Wildman–Crippen MR) is 115 cm³/mol. The van der Waals surface area contributed by atoms with Gasteiger partial charge < -0.3 is 14.5 Å². The molecule has 5 nitrogen and oxygen atoms in total. The molecule has 0 aliphatic rings. The van der Waals surface area contributed by atoms with E-state index in [1.807, 2.05) is 58.0 Å². The Kier molecular flexibility index (Phi) is 4.71. The molecule has 0 saturated heterocycles. The van der Waals surface area contributed by atoms with E-state index in [9.17, 15) is 4.79 Å². The van der Waals surface area contributed by atoms with Gasteiger partial charge in [-0.25, -0.2) is 9.78 Å². The van der Waals surface area contributed by atoms with Crippen molar-refractivity contribution in [1.29, 1.82) is 0 Å². The lowest BCUT2D eigenvalue weighted by Crippen LogP contribution is -2.25. The van der Waals surface area contributed by atoms with E-state index in [1.165, 1.54) is 0 Å². The number of H-pyrrole nitrogens is 1. The summed E-state index contributed by atoms with van der Waals surface area (Å²) < 4.78 is 11.5. The number of ether oxygens (including phenoxy) is 2. The van der Waals surface area contributed by atoms with Crippen LogP contribution in [0.4, 0.5) is 0 Å². The second kappa shape index (κ2) is 7.08. The van der Waals surface area contributed by atoms with Crippen molar-refractivity contribution < 1.29 is 14.3 Å². The molecular formula is C23H21ClN2O3. The number of fused-ring (bicyclic) bond motifs is 3. The molecule has 0 saturated carbocycles. The molecule has 0 fully saturated rings. The van der Waals surface area contributed by atoms with Crippen LogP contribution in [-0.2, 0) is 4.74 Å². The lowest BCUT2D eigenvalue weighted by Gasteiger charge is -2.19. The van der Waals surface area contributed by atoms with Gasteiger partial charge in [-0.05, 0) is 75.7 Å². The smallest absolute Gasteiger partial charge is 0.357 e. The lowest BCUT2D eigenvalue weighted by atomic mass is 10.1. The zero-order chi connectivity index (χ0) is 20.8. The molecule has 4 aromatic rings. The van der Waals surface area contributed by atoms with Crippen LogP contribution < -0.4 is 4.74 Å². The molecule has 0 amide bonds. The van der Waals surface area contributed by atoms with Crippen molar-refractivity contribution in [3.05, 3.63) is 64.9 Å². The van der Waals surface area contributed by atoms with Gasteiger partial charge in [0, 0.05) is 21.3 Å². The minimum atomic E-state index is -0.583. The summed E-state index contributed by atoms with van der Waals surface area (Å²) in [6, 6.07) is 13.0. The Labute approximate surface area is 173 Å². The molecule has 1 N–H and O–H groups in total. The van der Waals surface area contributed by atoms with Gasteiger partial charge in [-0.2, -0.15) is 0 Å². The molecule has 0 unspecified atom stereocenters. The van der Waals surface area contributed by atoms with Crippen molar-refractivity contribution >= 4 is 39.4 Å². The highest BCUT2D eigenvalue weighted by atomic mass is 35.5. The Bertz CT molecular complexity index is 1220. The molecule has 6 heteroatoms. The summed E-state index contributed by atoms with van der Waals surface area (Å²) in [7, 11) is 0. The Morgan fingerprint density at radius 2 is 1.72 bits per heavy atom. The predicted octanol–water partition coefficient (Wildman–Crippen LogP) is 6.43. The number of nitrogens with one attached hydrogen (secondary N) is 1. The number of benzene rings is 2. The maximum absolute atomic E-state index is 12.6. The molecule has 0 radical (unpaired) electrons. The van der Waals surface area contributed by atoms with Gasteiger partial charge in [0.25, 0.3) is 0 Å². The number of aromatic nitrogens is 2. The first-order chi connectivity index (χ1) is 13.7. The average molecular weight is 409 g/mol. The molecule has 0 atom stereocenters. The van der Waals surface area contributed by atoms with Crippen molar-refractivity contribution in [3.8, 4) is 11.5 Å². The molecule has 0 bridgehead atoms. The van der Waals surface area contributed by atoms with Crippen molar-refractivity contribution in [2.24, 2.45) is 0 Å². The third-order valence-electron chi connectivity index (χ3n) is 4.49. The SMILES string of the molecule is Cc1c(C(=O)OC(C)(C)C)ncc2[nH]c3ccc(Oc4ccc(Cl)cc4)cc3c12. The fourth-order valence-electron chi connectivity index (χ4n) is 3.27. The van der Waals surface area contributed by atoms with Gasteiger partial charge in [-0.15, -0.1) is 0 Å². The molecule has 2 aromatic heterocycles.